The molecule has 1 aliphatic rings. The largest absolute Gasteiger partial charge is 0.370 e. The Morgan fingerprint density at radius 1 is 1.18 bits per heavy atom. The Labute approximate surface area is 167 Å². The van der Waals surface area contributed by atoms with Crippen LogP contribution in [0.1, 0.15) is 29.3 Å². The smallest absolute Gasteiger partial charge is 0.251 e. The molecule has 0 saturated carbocycles. The van der Waals surface area contributed by atoms with Gasteiger partial charge in [0.05, 0.1) is 11.4 Å². The number of hydrogen-bond acceptors (Lipinski definition) is 4. The highest BCUT2D eigenvalue weighted by atomic mass is 32.2. The number of likely N-dealkylation sites (N-methyl/N-ethyl adjacent to an activating group) is 1. The standard InChI is InChI=1S/C21H27N3O3S/c1-3-23(20-7-4-6-17(2)16-20)14-12-22-21(25)18-8-10-19(11-9-18)24-13-5-15-28(24,26)27/h4,6-11,16H,3,5,12-15H2,1-2H3,(H,22,25). The fourth-order valence-electron chi connectivity index (χ4n) is 3.41. The summed E-state index contributed by atoms with van der Waals surface area (Å²) >= 11 is 0. The lowest BCUT2D eigenvalue weighted by atomic mass is 10.2. The van der Waals surface area contributed by atoms with E-state index < -0.39 is 10.0 Å². The summed E-state index contributed by atoms with van der Waals surface area (Å²) in [4.78, 5) is 14.6. The van der Waals surface area contributed by atoms with E-state index in [4.69, 9.17) is 0 Å². The molecule has 150 valence electrons. The molecule has 0 spiro atoms. The van der Waals surface area contributed by atoms with E-state index in [0.29, 0.717) is 30.8 Å². The number of nitrogens with one attached hydrogen (secondary N) is 1. The summed E-state index contributed by atoms with van der Waals surface area (Å²) in [5.41, 5.74) is 3.50. The van der Waals surface area contributed by atoms with Gasteiger partial charge in [0.2, 0.25) is 10.0 Å². The zero-order chi connectivity index (χ0) is 20.1. The van der Waals surface area contributed by atoms with E-state index in [1.165, 1.54) is 9.87 Å². The fraction of sp³-hybridized carbons (Fsp3) is 0.381. The molecule has 3 rings (SSSR count). The molecule has 1 aliphatic heterocycles. The molecule has 28 heavy (non-hydrogen) atoms. The number of sulfonamides is 1. The van der Waals surface area contributed by atoms with Gasteiger partial charge in [0.1, 0.15) is 0 Å². The minimum Gasteiger partial charge on any atom is -0.370 e. The maximum Gasteiger partial charge on any atom is 0.251 e. The van der Waals surface area contributed by atoms with Gasteiger partial charge in [-0.25, -0.2) is 8.42 Å². The van der Waals surface area contributed by atoms with Crippen molar-refractivity contribution in [2.45, 2.75) is 20.3 Å². The number of rotatable bonds is 7. The maximum atomic E-state index is 12.4. The van der Waals surface area contributed by atoms with Gasteiger partial charge in [0.15, 0.2) is 0 Å². The second-order valence-corrected chi connectivity index (χ2v) is 8.98. The first kappa shape index (κ1) is 20.2. The SMILES string of the molecule is CCN(CCNC(=O)c1ccc(N2CCCS2(=O)=O)cc1)c1cccc(C)c1. The van der Waals surface area contributed by atoms with Crippen LogP contribution in [0.4, 0.5) is 11.4 Å². The number of amides is 1. The normalized spacial score (nSPS) is 15.4. The highest BCUT2D eigenvalue weighted by molar-refractivity contribution is 7.93. The van der Waals surface area contributed by atoms with E-state index in [-0.39, 0.29) is 11.7 Å². The van der Waals surface area contributed by atoms with Crippen LogP contribution >= 0.6 is 0 Å². The topological polar surface area (TPSA) is 69.7 Å². The number of aryl methyl sites for hydroxylation is 1. The molecule has 0 bridgehead atoms. The van der Waals surface area contributed by atoms with E-state index in [9.17, 15) is 13.2 Å². The van der Waals surface area contributed by atoms with Gasteiger partial charge < -0.3 is 10.2 Å². The van der Waals surface area contributed by atoms with Crippen molar-refractivity contribution in [2.75, 3.05) is 41.1 Å². The minimum atomic E-state index is -3.20. The number of nitrogens with zero attached hydrogens (tertiary/aromatic N) is 2. The van der Waals surface area contributed by atoms with Crippen molar-refractivity contribution < 1.29 is 13.2 Å². The van der Waals surface area contributed by atoms with Crippen molar-refractivity contribution in [1.29, 1.82) is 0 Å². The molecule has 0 aliphatic carbocycles. The van der Waals surface area contributed by atoms with Gasteiger partial charge in [0, 0.05) is 37.4 Å². The number of benzene rings is 2. The Balaban J connectivity index is 1.56. The minimum absolute atomic E-state index is 0.156. The molecule has 1 fully saturated rings. The van der Waals surface area contributed by atoms with Crippen LogP contribution in [0.15, 0.2) is 48.5 Å². The summed E-state index contributed by atoms with van der Waals surface area (Å²) in [6, 6.07) is 15.1. The van der Waals surface area contributed by atoms with Gasteiger partial charge in [-0.2, -0.15) is 0 Å². The maximum absolute atomic E-state index is 12.4. The summed E-state index contributed by atoms with van der Waals surface area (Å²) in [7, 11) is -3.20. The van der Waals surface area contributed by atoms with Gasteiger partial charge in [-0.05, 0) is 62.2 Å². The first-order valence-corrected chi connectivity index (χ1v) is 11.2. The Kier molecular flexibility index (Phi) is 6.24. The zero-order valence-electron chi connectivity index (χ0n) is 16.4. The van der Waals surface area contributed by atoms with Crippen LogP contribution in [0, 0.1) is 6.92 Å². The molecule has 1 heterocycles. The molecular formula is C21H27N3O3S. The Morgan fingerprint density at radius 3 is 2.54 bits per heavy atom. The molecular weight excluding hydrogens is 374 g/mol. The summed E-state index contributed by atoms with van der Waals surface area (Å²) < 4.78 is 25.4. The third-order valence-electron chi connectivity index (χ3n) is 4.93. The number of anilines is 2. The molecule has 1 amide bonds. The highest BCUT2D eigenvalue weighted by Crippen LogP contribution is 2.24. The van der Waals surface area contributed by atoms with Gasteiger partial charge >= 0.3 is 0 Å². The molecule has 2 aromatic carbocycles. The lowest BCUT2D eigenvalue weighted by molar-refractivity contribution is 0.0954. The first-order chi connectivity index (χ1) is 13.4. The predicted molar refractivity (Wildman–Crippen MR) is 114 cm³/mol. The Bertz CT molecular complexity index is 926. The van der Waals surface area contributed by atoms with Crippen LogP contribution < -0.4 is 14.5 Å². The second-order valence-electron chi connectivity index (χ2n) is 6.96. The van der Waals surface area contributed by atoms with E-state index in [2.05, 4.69) is 42.3 Å². The molecule has 0 atom stereocenters. The molecule has 1 N–H and O–H groups in total. The third kappa shape index (κ3) is 4.65. The van der Waals surface area contributed by atoms with Crippen LogP contribution in [0.5, 0.6) is 0 Å². The number of hydrogen-bond donors (Lipinski definition) is 1. The van der Waals surface area contributed by atoms with Crippen molar-refractivity contribution in [3.63, 3.8) is 0 Å². The lowest BCUT2D eigenvalue weighted by Crippen LogP contribution is -2.35. The van der Waals surface area contributed by atoms with Crippen LogP contribution in [0.25, 0.3) is 0 Å². The van der Waals surface area contributed by atoms with Crippen molar-refractivity contribution in [3.05, 3.63) is 59.7 Å². The summed E-state index contributed by atoms with van der Waals surface area (Å²) in [5, 5.41) is 2.94. The van der Waals surface area contributed by atoms with Gasteiger partial charge in [-0.3, -0.25) is 9.10 Å². The summed E-state index contributed by atoms with van der Waals surface area (Å²) in [5.74, 6) is 0.0283. The van der Waals surface area contributed by atoms with Crippen molar-refractivity contribution >= 4 is 27.3 Å². The highest BCUT2D eigenvalue weighted by Gasteiger charge is 2.28. The predicted octanol–water partition coefficient (Wildman–Crippen LogP) is 2.79. The molecule has 1 saturated heterocycles. The van der Waals surface area contributed by atoms with Crippen molar-refractivity contribution in [2.24, 2.45) is 0 Å². The molecule has 0 unspecified atom stereocenters. The fourth-order valence-corrected chi connectivity index (χ4v) is 4.97. The van der Waals surface area contributed by atoms with E-state index in [1.807, 2.05) is 6.07 Å². The average Bonchev–Trinajstić information content (AvgIpc) is 3.04. The van der Waals surface area contributed by atoms with Crippen LogP contribution in [0.3, 0.4) is 0 Å². The van der Waals surface area contributed by atoms with Crippen LogP contribution in [0.2, 0.25) is 0 Å². The second kappa shape index (κ2) is 8.65. The van der Waals surface area contributed by atoms with Gasteiger partial charge in [-0.1, -0.05) is 12.1 Å². The van der Waals surface area contributed by atoms with Gasteiger partial charge in [-0.15, -0.1) is 0 Å². The average molecular weight is 402 g/mol. The third-order valence-corrected chi connectivity index (χ3v) is 6.80. The lowest BCUT2D eigenvalue weighted by Gasteiger charge is -2.23. The molecule has 7 heteroatoms. The number of carbonyl (C=O) groups is 1. The van der Waals surface area contributed by atoms with Crippen LogP contribution in [-0.4, -0.2) is 46.3 Å². The quantitative estimate of drug-likeness (QED) is 0.775. The van der Waals surface area contributed by atoms with E-state index in [0.717, 1.165) is 18.8 Å². The molecule has 0 aromatic heterocycles. The molecule has 6 nitrogen and oxygen atoms in total. The van der Waals surface area contributed by atoms with Crippen molar-refractivity contribution in [3.8, 4) is 0 Å². The Hall–Kier alpha value is -2.54. The van der Waals surface area contributed by atoms with E-state index >= 15 is 0 Å². The van der Waals surface area contributed by atoms with E-state index in [1.54, 1.807) is 24.3 Å². The first-order valence-electron chi connectivity index (χ1n) is 9.61. The van der Waals surface area contributed by atoms with Crippen molar-refractivity contribution in [1.82, 2.24) is 5.32 Å². The molecule has 2 aromatic rings. The zero-order valence-corrected chi connectivity index (χ0v) is 17.2. The van der Waals surface area contributed by atoms with Gasteiger partial charge in [0.25, 0.3) is 5.91 Å². The monoisotopic (exact) mass is 401 g/mol. The summed E-state index contributed by atoms with van der Waals surface area (Å²) in [6.45, 7) is 6.77. The summed E-state index contributed by atoms with van der Waals surface area (Å²) in [6.07, 6.45) is 0.638. The van der Waals surface area contributed by atoms with Crippen LogP contribution in [-0.2, 0) is 10.0 Å². The molecule has 0 radical (unpaired) electrons. The number of carbonyl (C=O) groups excluding carboxylic acids is 1. The Morgan fingerprint density at radius 2 is 1.93 bits per heavy atom.